The van der Waals surface area contributed by atoms with Gasteiger partial charge in [0.1, 0.15) is 0 Å². The molecule has 0 amide bonds. The van der Waals surface area contributed by atoms with Gasteiger partial charge in [-0.15, -0.1) is 0 Å². The molecule has 1 saturated heterocycles. The summed E-state index contributed by atoms with van der Waals surface area (Å²) in [6.07, 6.45) is 4.05. The van der Waals surface area contributed by atoms with Crippen molar-refractivity contribution in [2.24, 2.45) is 5.92 Å². The Bertz CT molecular complexity index is 459. The van der Waals surface area contributed by atoms with Crippen molar-refractivity contribution in [2.75, 3.05) is 18.0 Å². The molecule has 1 N–H and O–H groups in total. The maximum atomic E-state index is 3.58. The van der Waals surface area contributed by atoms with Gasteiger partial charge < -0.3 is 10.2 Å². The average Bonchev–Trinajstić information content (AvgIpc) is 2.85. The number of nitrogens with one attached hydrogen (secondary N) is 1. The van der Waals surface area contributed by atoms with Crippen LogP contribution in [0.2, 0.25) is 0 Å². The van der Waals surface area contributed by atoms with Gasteiger partial charge >= 0.3 is 0 Å². The van der Waals surface area contributed by atoms with Gasteiger partial charge in [-0.25, -0.2) is 0 Å². The van der Waals surface area contributed by atoms with Gasteiger partial charge in [0, 0.05) is 30.9 Å². The smallest absolute Gasteiger partial charge is 0.0369 e. The second kappa shape index (κ2) is 6.83. The topological polar surface area (TPSA) is 15.3 Å². The molecule has 21 heavy (non-hydrogen) atoms. The van der Waals surface area contributed by atoms with E-state index in [0.717, 1.165) is 12.5 Å². The highest BCUT2D eigenvalue weighted by molar-refractivity contribution is 5.51. The third kappa shape index (κ3) is 4.74. The zero-order chi connectivity index (χ0) is 15.5. The van der Waals surface area contributed by atoms with E-state index in [-0.39, 0.29) is 5.54 Å². The van der Waals surface area contributed by atoms with Crippen molar-refractivity contribution >= 4 is 5.69 Å². The lowest BCUT2D eigenvalue weighted by Gasteiger charge is -2.23. The standard InChI is InChI=1S/C19H32N2/c1-6-7-16-10-11-21(14-16)18-9-8-17(15(2)12-18)13-20-19(3,4)5/h8-9,12,16,20H,6-7,10-11,13-14H2,1-5H3. The summed E-state index contributed by atoms with van der Waals surface area (Å²) in [5.41, 5.74) is 4.40. The molecule has 0 spiro atoms. The first-order valence-electron chi connectivity index (χ1n) is 8.48. The van der Waals surface area contributed by atoms with E-state index in [2.05, 4.69) is 63.0 Å². The van der Waals surface area contributed by atoms with E-state index in [1.54, 1.807) is 0 Å². The lowest BCUT2D eigenvalue weighted by Crippen LogP contribution is -2.35. The van der Waals surface area contributed by atoms with E-state index in [1.165, 1.54) is 49.2 Å². The second-order valence-corrected chi connectivity index (χ2v) is 7.60. The van der Waals surface area contributed by atoms with Gasteiger partial charge in [-0.05, 0) is 69.7 Å². The van der Waals surface area contributed by atoms with Gasteiger partial charge in [-0.2, -0.15) is 0 Å². The number of nitrogens with zero attached hydrogens (tertiary/aromatic N) is 1. The number of benzene rings is 1. The highest BCUT2D eigenvalue weighted by Crippen LogP contribution is 2.28. The predicted molar refractivity (Wildman–Crippen MR) is 93.0 cm³/mol. The summed E-state index contributed by atoms with van der Waals surface area (Å²) in [6, 6.07) is 6.98. The first-order chi connectivity index (χ1) is 9.89. The van der Waals surface area contributed by atoms with E-state index < -0.39 is 0 Å². The van der Waals surface area contributed by atoms with Gasteiger partial charge in [0.15, 0.2) is 0 Å². The summed E-state index contributed by atoms with van der Waals surface area (Å²) in [7, 11) is 0. The van der Waals surface area contributed by atoms with Crippen molar-refractivity contribution in [3.8, 4) is 0 Å². The summed E-state index contributed by atoms with van der Waals surface area (Å²) >= 11 is 0. The van der Waals surface area contributed by atoms with E-state index in [0.29, 0.717) is 0 Å². The van der Waals surface area contributed by atoms with Crippen LogP contribution in [0.25, 0.3) is 0 Å². The van der Waals surface area contributed by atoms with E-state index >= 15 is 0 Å². The molecule has 2 nitrogen and oxygen atoms in total. The Labute approximate surface area is 130 Å². The van der Waals surface area contributed by atoms with Crippen LogP contribution in [0.5, 0.6) is 0 Å². The minimum absolute atomic E-state index is 0.174. The van der Waals surface area contributed by atoms with Crippen LogP contribution in [0.3, 0.4) is 0 Å². The Morgan fingerprint density at radius 2 is 2.05 bits per heavy atom. The van der Waals surface area contributed by atoms with E-state index in [4.69, 9.17) is 0 Å². The fourth-order valence-corrected chi connectivity index (χ4v) is 3.15. The molecule has 1 aliphatic heterocycles. The molecule has 0 radical (unpaired) electrons. The average molecular weight is 288 g/mol. The van der Waals surface area contributed by atoms with Gasteiger partial charge in [-0.1, -0.05) is 19.4 Å². The lowest BCUT2D eigenvalue weighted by molar-refractivity contribution is 0.424. The number of anilines is 1. The quantitative estimate of drug-likeness (QED) is 0.857. The molecule has 118 valence electrons. The maximum Gasteiger partial charge on any atom is 0.0369 e. The van der Waals surface area contributed by atoms with Crippen LogP contribution in [0, 0.1) is 12.8 Å². The van der Waals surface area contributed by atoms with Crippen LogP contribution in [-0.2, 0) is 6.54 Å². The summed E-state index contributed by atoms with van der Waals surface area (Å²) in [5, 5.41) is 3.58. The summed E-state index contributed by atoms with van der Waals surface area (Å²) in [4.78, 5) is 2.56. The molecule has 1 aromatic rings. The van der Waals surface area contributed by atoms with E-state index in [9.17, 15) is 0 Å². The van der Waals surface area contributed by atoms with Gasteiger partial charge in [0.05, 0.1) is 0 Å². The Hall–Kier alpha value is -1.02. The molecule has 0 aromatic heterocycles. The number of aryl methyl sites for hydroxylation is 1. The number of hydrogen-bond donors (Lipinski definition) is 1. The molecule has 0 bridgehead atoms. The van der Waals surface area contributed by atoms with Crippen molar-refractivity contribution in [1.82, 2.24) is 5.32 Å². The van der Waals surface area contributed by atoms with Crippen molar-refractivity contribution < 1.29 is 0 Å². The highest BCUT2D eigenvalue weighted by atomic mass is 15.1. The van der Waals surface area contributed by atoms with Crippen LogP contribution in [0.1, 0.15) is 58.1 Å². The SMILES string of the molecule is CCCC1CCN(c2ccc(CNC(C)(C)C)c(C)c2)C1. The van der Waals surface area contributed by atoms with Crippen LogP contribution < -0.4 is 10.2 Å². The number of rotatable bonds is 5. The lowest BCUT2D eigenvalue weighted by atomic mass is 10.0. The molecule has 1 aromatic carbocycles. The predicted octanol–water partition coefficient (Wildman–Crippen LogP) is 4.51. The number of hydrogen-bond acceptors (Lipinski definition) is 2. The Morgan fingerprint density at radius 1 is 1.29 bits per heavy atom. The maximum absolute atomic E-state index is 3.58. The van der Waals surface area contributed by atoms with Crippen LogP contribution in [0.4, 0.5) is 5.69 Å². The Balaban J connectivity index is 1.99. The molecule has 1 atom stereocenters. The van der Waals surface area contributed by atoms with Crippen molar-refractivity contribution in [1.29, 1.82) is 0 Å². The van der Waals surface area contributed by atoms with Crippen molar-refractivity contribution in [2.45, 2.75) is 66.0 Å². The largest absolute Gasteiger partial charge is 0.371 e. The highest BCUT2D eigenvalue weighted by Gasteiger charge is 2.22. The molecule has 2 rings (SSSR count). The zero-order valence-corrected chi connectivity index (χ0v) is 14.5. The Morgan fingerprint density at radius 3 is 2.67 bits per heavy atom. The van der Waals surface area contributed by atoms with E-state index in [1.807, 2.05) is 0 Å². The van der Waals surface area contributed by atoms with Crippen LogP contribution in [0.15, 0.2) is 18.2 Å². The third-order valence-electron chi connectivity index (χ3n) is 4.48. The monoisotopic (exact) mass is 288 g/mol. The molecule has 1 fully saturated rings. The van der Waals surface area contributed by atoms with Gasteiger partial charge in [0.25, 0.3) is 0 Å². The molecule has 1 heterocycles. The molecular weight excluding hydrogens is 256 g/mol. The van der Waals surface area contributed by atoms with Gasteiger partial charge in [0.2, 0.25) is 0 Å². The minimum Gasteiger partial charge on any atom is -0.371 e. The van der Waals surface area contributed by atoms with Crippen LogP contribution in [-0.4, -0.2) is 18.6 Å². The molecule has 1 unspecified atom stereocenters. The molecule has 2 heteroatoms. The van der Waals surface area contributed by atoms with Crippen molar-refractivity contribution in [3.63, 3.8) is 0 Å². The Kier molecular flexibility index (Phi) is 5.32. The normalized spacial score (nSPS) is 19.3. The summed E-state index contributed by atoms with van der Waals surface area (Å²) in [6.45, 7) is 14.6. The fraction of sp³-hybridized carbons (Fsp3) is 0.684. The summed E-state index contributed by atoms with van der Waals surface area (Å²) in [5.74, 6) is 0.900. The molecule has 1 aliphatic rings. The molecule has 0 saturated carbocycles. The summed E-state index contributed by atoms with van der Waals surface area (Å²) < 4.78 is 0. The minimum atomic E-state index is 0.174. The molecular formula is C19H32N2. The third-order valence-corrected chi connectivity index (χ3v) is 4.48. The first kappa shape index (κ1) is 16.4. The fourth-order valence-electron chi connectivity index (χ4n) is 3.15. The van der Waals surface area contributed by atoms with Crippen LogP contribution >= 0.6 is 0 Å². The second-order valence-electron chi connectivity index (χ2n) is 7.60. The zero-order valence-electron chi connectivity index (χ0n) is 14.5. The molecule has 0 aliphatic carbocycles. The first-order valence-corrected chi connectivity index (χ1v) is 8.48. The van der Waals surface area contributed by atoms with Crippen molar-refractivity contribution in [3.05, 3.63) is 29.3 Å². The van der Waals surface area contributed by atoms with Gasteiger partial charge in [-0.3, -0.25) is 0 Å².